The van der Waals surface area contributed by atoms with Crippen molar-refractivity contribution in [1.29, 1.82) is 0 Å². The summed E-state index contributed by atoms with van der Waals surface area (Å²) < 4.78 is 37.9. The Labute approximate surface area is 153 Å². The molecule has 2 heterocycles. The molecule has 2 aliphatic heterocycles. The van der Waals surface area contributed by atoms with Crippen LogP contribution in [0.5, 0.6) is 5.75 Å². The minimum atomic E-state index is -4.02. The first-order valence-electron chi connectivity index (χ1n) is 7.68. The number of ketones is 1. The van der Waals surface area contributed by atoms with E-state index >= 15 is 0 Å². The van der Waals surface area contributed by atoms with E-state index in [9.17, 15) is 13.2 Å². The van der Waals surface area contributed by atoms with Gasteiger partial charge in [0, 0.05) is 22.0 Å². The maximum absolute atomic E-state index is 12.5. The normalized spacial score (nSPS) is 24.2. The minimum absolute atomic E-state index is 0.0342. The Kier molecular flexibility index (Phi) is 4.15. The summed E-state index contributed by atoms with van der Waals surface area (Å²) in [5, 5.41) is 0. The van der Waals surface area contributed by atoms with Crippen LogP contribution in [0.3, 0.4) is 0 Å². The van der Waals surface area contributed by atoms with E-state index in [1.807, 2.05) is 6.07 Å². The van der Waals surface area contributed by atoms with Crippen LogP contribution in [-0.4, -0.2) is 31.2 Å². The highest BCUT2D eigenvalue weighted by molar-refractivity contribution is 9.10. The molecule has 4 rings (SSSR count). The van der Waals surface area contributed by atoms with Crippen molar-refractivity contribution in [2.24, 2.45) is 0 Å². The molecule has 130 valence electrons. The molecule has 2 aromatic rings. The van der Waals surface area contributed by atoms with Gasteiger partial charge in [-0.25, -0.2) is 0 Å². The number of nitrogens with zero attached hydrogens (tertiary/aromatic N) is 1. The molecule has 0 N–H and O–H groups in total. The largest absolute Gasteiger partial charge is 0.388 e. The number of ether oxygens (including phenoxy) is 1. The van der Waals surface area contributed by atoms with Crippen LogP contribution >= 0.6 is 15.9 Å². The molecule has 2 aromatic carbocycles. The van der Waals surface area contributed by atoms with Crippen LogP contribution in [-0.2, 0) is 15.0 Å². The maximum Gasteiger partial charge on any atom is 0.388 e. The number of carbonyl (C=O) groups excluding carboxylic acids is 1. The van der Waals surface area contributed by atoms with Crippen molar-refractivity contribution in [3.63, 3.8) is 0 Å². The van der Waals surface area contributed by atoms with Gasteiger partial charge < -0.3 is 8.92 Å². The van der Waals surface area contributed by atoms with E-state index in [2.05, 4.69) is 15.9 Å². The molecule has 0 unspecified atom stereocenters. The van der Waals surface area contributed by atoms with Crippen molar-refractivity contribution in [2.75, 3.05) is 6.61 Å². The molecule has 0 aliphatic carbocycles. The Bertz CT molecular complexity index is 931. The van der Waals surface area contributed by atoms with Gasteiger partial charge in [0.1, 0.15) is 0 Å². The Morgan fingerprint density at radius 1 is 1.20 bits per heavy atom. The average molecular weight is 424 g/mol. The van der Waals surface area contributed by atoms with Crippen molar-refractivity contribution in [3.8, 4) is 5.75 Å². The van der Waals surface area contributed by atoms with Crippen molar-refractivity contribution in [2.45, 2.75) is 18.7 Å². The predicted octanol–water partition coefficient (Wildman–Crippen LogP) is 3.06. The van der Waals surface area contributed by atoms with E-state index in [4.69, 9.17) is 8.92 Å². The lowest BCUT2D eigenvalue weighted by atomic mass is 10.0. The highest BCUT2D eigenvalue weighted by Crippen LogP contribution is 2.44. The summed E-state index contributed by atoms with van der Waals surface area (Å²) in [7, 11) is -4.02. The van der Waals surface area contributed by atoms with Gasteiger partial charge in [0.2, 0.25) is 0 Å². The third-order valence-corrected chi connectivity index (χ3v) is 6.13. The molecule has 1 fully saturated rings. The first-order chi connectivity index (χ1) is 12.0. The molecule has 8 heteroatoms. The topological polar surface area (TPSA) is 72.9 Å². The van der Waals surface area contributed by atoms with Crippen LogP contribution in [0.25, 0.3) is 0 Å². The molecule has 0 spiro atoms. The summed E-state index contributed by atoms with van der Waals surface area (Å²) in [4.78, 5) is 12.5. The molecule has 6 nitrogen and oxygen atoms in total. The van der Waals surface area contributed by atoms with Crippen LogP contribution in [0.4, 0.5) is 0 Å². The van der Waals surface area contributed by atoms with Crippen molar-refractivity contribution < 1.29 is 22.1 Å². The summed E-state index contributed by atoms with van der Waals surface area (Å²) in [5.74, 6) is 0.115. The maximum atomic E-state index is 12.5. The lowest BCUT2D eigenvalue weighted by Gasteiger charge is -2.31. The molecule has 2 atom stereocenters. The highest BCUT2D eigenvalue weighted by atomic mass is 79.9. The van der Waals surface area contributed by atoms with Gasteiger partial charge in [-0.1, -0.05) is 46.3 Å². The van der Waals surface area contributed by atoms with Gasteiger partial charge in [-0.15, -0.1) is 4.31 Å². The number of hydrogen-bond donors (Lipinski definition) is 0. The number of carbonyl (C=O) groups is 1. The van der Waals surface area contributed by atoms with Gasteiger partial charge in [0.05, 0.1) is 12.6 Å². The summed E-state index contributed by atoms with van der Waals surface area (Å²) >= 11 is 3.37. The second kappa shape index (κ2) is 6.21. The van der Waals surface area contributed by atoms with Gasteiger partial charge in [0.15, 0.2) is 17.8 Å². The van der Waals surface area contributed by atoms with Crippen LogP contribution < -0.4 is 4.18 Å². The zero-order valence-corrected chi connectivity index (χ0v) is 15.4. The molecule has 2 aliphatic rings. The summed E-state index contributed by atoms with van der Waals surface area (Å²) in [6.07, 6.45) is -0.744. The number of Topliss-reactive ketones (excluding diaryl/α,β-unsaturated/α-hetero) is 1. The monoisotopic (exact) mass is 423 g/mol. The SMILES string of the molecule is O=C(C[C@@H]1CO[C@H]2c3cc(Br)ccc3OS(=O)(=O)N12)c1ccccc1. The molecule has 0 saturated carbocycles. The summed E-state index contributed by atoms with van der Waals surface area (Å²) in [6, 6.07) is 13.2. The average Bonchev–Trinajstić information content (AvgIpc) is 3.01. The first-order valence-corrected chi connectivity index (χ1v) is 9.84. The van der Waals surface area contributed by atoms with E-state index in [1.54, 1.807) is 42.5 Å². The Morgan fingerprint density at radius 2 is 1.96 bits per heavy atom. The number of benzene rings is 2. The fraction of sp³-hybridized carbons (Fsp3) is 0.235. The molecule has 0 radical (unpaired) electrons. The van der Waals surface area contributed by atoms with Gasteiger partial charge >= 0.3 is 10.3 Å². The van der Waals surface area contributed by atoms with E-state index in [1.165, 1.54) is 0 Å². The molecule has 0 amide bonds. The van der Waals surface area contributed by atoms with E-state index in [0.29, 0.717) is 11.1 Å². The fourth-order valence-electron chi connectivity index (χ4n) is 3.12. The van der Waals surface area contributed by atoms with Gasteiger partial charge in [0.25, 0.3) is 0 Å². The zero-order valence-electron chi connectivity index (χ0n) is 13.0. The van der Waals surface area contributed by atoms with E-state index in [-0.39, 0.29) is 24.6 Å². The summed E-state index contributed by atoms with van der Waals surface area (Å²) in [5.41, 5.74) is 1.17. The van der Waals surface area contributed by atoms with Crippen LogP contribution in [0.2, 0.25) is 0 Å². The molecule has 25 heavy (non-hydrogen) atoms. The van der Waals surface area contributed by atoms with Gasteiger partial charge in [-0.2, -0.15) is 8.42 Å². The second-order valence-electron chi connectivity index (χ2n) is 5.89. The second-order valence-corrected chi connectivity index (χ2v) is 8.25. The van der Waals surface area contributed by atoms with Crippen molar-refractivity contribution >= 4 is 32.0 Å². The van der Waals surface area contributed by atoms with Crippen molar-refractivity contribution in [3.05, 3.63) is 64.1 Å². The minimum Gasteiger partial charge on any atom is -0.370 e. The lowest BCUT2D eigenvalue weighted by molar-refractivity contribution is 0.0573. The van der Waals surface area contributed by atoms with Crippen LogP contribution in [0, 0.1) is 0 Å². The molecule has 1 saturated heterocycles. The van der Waals surface area contributed by atoms with Gasteiger partial charge in [-0.3, -0.25) is 4.79 Å². The standard InChI is InChI=1S/C17H14BrNO5S/c18-12-6-7-16-14(8-12)17-19(25(21,22)24-16)13(10-23-17)9-15(20)11-4-2-1-3-5-11/h1-8,13,17H,9-10H2/t13-,17+/m1/s1. The number of fused-ring (bicyclic) bond motifs is 3. The number of hydrogen-bond acceptors (Lipinski definition) is 5. The highest BCUT2D eigenvalue weighted by Gasteiger charge is 2.49. The summed E-state index contributed by atoms with van der Waals surface area (Å²) in [6.45, 7) is 0.137. The number of halogens is 1. The molecule has 0 bridgehead atoms. The Hall–Kier alpha value is -1.74. The lowest BCUT2D eigenvalue weighted by Crippen LogP contribution is -2.44. The van der Waals surface area contributed by atoms with Crippen LogP contribution in [0.1, 0.15) is 28.6 Å². The Balaban J connectivity index is 1.65. The third kappa shape index (κ3) is 2.99. The Morgan fingerprint density at radius 3 is 2.72 bits per heavy atom. The van der Waals surface area contributed by atoms with Crippen LogP contribution in [0.15, 0.2) is 53.0 Å². The smallest absolute Gasteiger partial charge is 0.370 e. The first kappa shape index (κ1) is 16.7. The fourth-order valence-corrected chi connectivity index (χ4v) is 4.87. The number of rotatable bonds is 3. The van der Waals surface area contributed by atoms with E-state index in [0.717, 1.165) is 8.78 Å². The zero-order chi connectivity index (χ0) is 17.6. The van der Waals surface area contributed by atoms with Gasteiger partial charge in [-0.05, 0) is 18.2 Å². The third-order valence-electron chi connectivity index (χ3n) is 4.25. The quantitative estimate of drug-likeness (QED) is 0.709. The van der Waals surface area contributed by atoms with E-state index < -0.39 is 22.6 Å². The molecular weight excluding hydrogens is 410 g/mol. The molecule has 0 aromatic heterocycles. The van der Waals surface area contributed by atoms with Crippen molar-refractivity contribution in [1.82, 2.24) is 4.31 Å². The molecular formula is C17H14BrNO5S. The predicted molar refractivity (Wildman–Crippen MR) is 93.4 cm³/mol.